The van der Waals surface area contributed by atoms with Crippen molar-refractivity contribution in [1.82, 2.24) is 20.2 Å². The number of benzene rings is 2. The molecule has 0 aliphatic heterocycles. The average molecular weight is 469 g/mol. The van der Waals surface area contributed by atoms with Crippen LogP contribution < -0.4 is 10.6 Å². The van der Waals surface area contributed by atoms with Crippen molar-refractivity contribution in [3.63, 3.8) is 0 Å². The smallest absolute Gasteiger partial charge is 0.412 e. The van der Waals surface area contributed by atoms with Crippen LogP contribution in [0.2, 0.25) is 0 Å². The van der Waals surface area contributed by atoms with E-state index in [4.69, 9.17) is 9.47 Å². The monoisotopic (exact) mass is 468 g/mol. The van der Waals surface area contributed by atoms with Gasteiger partial charge in [-0.15, -0.1) is 5.10 Å². The van der Waals surface area contributed by atoms with Crippen LogP contribution in [0.5, 0.6) is 0 Å². The lowest BCUT2D eigenvalue weighted by Gasteiger charge is -2.25. The van der Waals surface area contributed by atoms with Gasteiger partial charge in [0.25, 0.3) is 0 Å². The van der Waals surface area contributed by atoms with Crippen molar-refractivity contribution in [2.45, 2.75) is 65.6 Å². The molecule has 10 heteroatoms. The number of nitrogens with zero attached hydrogens (tertiary/aromatic N) is 4. The van der Waals surface area contributed by atoms with Gasteiger partial charge in [0.2, 0.25) is 0 Å². The summed E-state index contributed by atoms with van der Waals surface area (Å²) in [5, 5.41) is 19.8. The van der Waals surface area contributed by atoms with Gasteiger partial charge in [-0.1, -0.05) is 24.3 Å². The normalized spacial score (nSPS) is 12.8. The third kappa shape index (κ3) is 6.00. The van der Waals surface area contributed by atoms with Gasteiger partial charge in [-0.25, -0.2) is 14.3 Å². The molecular formula is C24H32N6O4. The molecule has 0 fully saturated rings. The Labute approximate surface area is 199 Å². The Bertz CT molecular complexity index is 1180. The first-order valence-corrected chi connectivity index (χ1v) is 11.1. The van der Waals surface area contributed by atoms with E-state index in [-0.39, 0.29) is 6.61 Å². The van der Waals surface area contributed by atoms with E-state index in [0.29, 0.717) is 17.2 Å². The lowest BCUT2D eigenvalue weighted by atomic mass is 10.1. The highest BCUT2D eigenvalue weighted by Crippen LogP contribution is 2.32. The maximum Gasteiger partial charge on any atom is 0.412 e. The van der Waals surface area contributed by atoms with E-state index in [0.717, 1.165) is 10.8 Å². The minimum absolute atomic E-state index is 0.189. The van der Waals surface area contributed by atoms with Gasteiger partial charge in [0, 0.05) is 0 Å². The predicted molar refractivity (Wildman–Crippen MR) is 130 cm³/mol. The van der Waals surface area contributed by atoms with E-state index >= 15 is 0 Å². The van der Waals surface area contributed by atoms with Crippen molar-refractivity contribution in [2.24, 2.45) is 0 Å². The minimum atomic E-state index is -1.02. The molecular weight excluding hydrogens is 436 g/mol. The quantitative estimate of drug-likeness (QED) is 0.502. The van der Waals surface area contributed by atoms with Gasteiger partial charge in [0.15, 0.2) is 11.9 Å². The first-order chi connectivity index (χ1) is 15.9. The average Bonchev–Trinajstić information content (AvgIpc) is 3.21. The molecule has 34 heavy (non-hydrogen) atoms. The van der Waals surface area contributed by atoms with Gasteiger partial charge < -0.3 is 14.8 Å². The molecule has 0 spiro atoms. The van der Waals surface area contributed by atoms with Gasteiger partial charge in [-0.05, 0) is 81.8 Å². The maximum absolute atomic E-state index is 13.0. The topological polar surface area (TPSA) is 120 Å². The second-order valence-electron chi connectivity index (χ2n) is 9.82. The number of ether oxygens (including phenoxy) is 2. The Kier molecular flexibility index (Phi) is 7.09. The van der Waals surface area contributed by atoms with Crippen LogP contribution >= 0.6 is 0 Å². The number of rotatable bonds is 6. The van der Waals surface area contributed by atoms with E-state index in [1.807, 2.05) is 57.2 Å². The van der Waals surface area contributed by atoms with Crippen LogP contribution in [0.3, 0.4) is 0 Å². The lowest BCUT2D eigenvalue weighted by Crippen LogP contribution is -2.33. The van der Waals surface area contributed by atoms with Crippen LogP contribution in [0.25, 0.3) is 10.8 Å². The molecule has 2 N–H and O–H groups in total. The zero-order valence-electron chi connectivity index (χ0n) is 20.7. The number of aromatic nitrogens is 4. The van der Waals surface area contributed by atoms with Crippen molar-refractivity contribution in [3.05, 3.63) is 42.2 Å². The van der Waals surface area contributed by atoms with Crippen LogP contribution in [0.1, 0.15) is 60.3 Å². The first kappa shape index (κ1) is 24.9. The zero-order valence-corrected chi connectivity index (χ0v) is 20.7. The Balaban J connectivity index is 2.07. The SMILES string of the molecule is CCOC(=O)C(Nc1cc2ccccc2cc1NC(=O)OC(C)(C)C)c1nnnn1C(C)(C)C. The number of nitrogens with one attached hydrogen (secondary N) is 2. The van der Waals surface area contributed by atoms with Crippen LogP contribution in [-0.4, -0.2) is 44.5 Å². The largest absolute Gasteiger partial charge is 0.464 e. The Morgan fingerprint density at radius 3 is 2.21 bits per heavy atom. The van der Waals surface area contributed by atoms with Crippen molar-refractivity contribution < 1.29 is 19.1 Å². The van der Waals surface area contributed by atoms with Crippen LogP contribution in [0.4, 0.5) is 16.2 Å². The molecule has 1 unspecified atom stereocenters. The summed E-state index contributed by atoms with van der Waals surface area (Å²) in [6.07, 6.45) is -0.613. The highest BCUT2D eigenvalue weighted by atomic mass is 16.6. The Morgan fingerprint density at radius 1 is 1.03 bits per heavy atom. The van der Waals surface area contributed by atoms with Gasteiger partial charge >= 0.3 is 12.1 Å². The molecule has 1 atom stereocenters. The summed E-state index contributed by atoms with van der Waals surface area (Å²) >= 11 is 0. The maximum atomic E-state index is 13.0. The third-order valence-electron chi connectivity index (χ3n) is 4.73. The van der Waals surface area contributed by atoms with E-state index in [9.17, 15) is 9.59 Å². The Morgan fingerprint density at radius 2 is 1.65 bits per heavy atom. The number of anilines is 2. The number of carbonyl (C=O) groups is 2. The molecule has 0 bridgehead atoms. The highest BCUT2D eigenvalue weighted by Gasteiger charge is 2.32. The molecule has 3 aromatic rings. The highest BCUT2D eigenvalue weighted by molar-refractivity contribution is 5.98. The van der Waals surface area contributed by atoms with Crippen LogP contribution in [0, 0.1) is 0 Å². The number of carbonyl (C=O) groups excluding carboxylic acids is 2. The van der Waals surface area contributed by atoms with Crippen molar-refractivity contribution >= 4 is 34.2 Å². The number of fused-ring (bicyclic) bond motifs is 1. The number of hydrogen-bond acceptors (Lipinski definition) is 8. The third-order valence-corrected chi connectivity index (χ3v) is 4.73. The van der Waals surface area contributed by atoms with Gasteiger partial charge in [0.05, 0.1) is 23.5 Å². The zero-order chi connectivity index (χ0) is 25.1. The van der Waals surface area contributed by atoms with Crippen molar-refractivity contribution in [2.75, 3.05) is 17.2 Å². The fraction of sp³-hybridized carbons (Fsp3) is 0.458. The second-order valence-corrected chi connectivity index (χ2v) is 9.82. The van der Waals surface area contributed by atoms with Gasteiger partial charge in [-0.2, -0.15) is 0 Å². The summed E-state index contributed by atoms with van der Waals surface area (Å²) in [6.45, 7) is 13.1. The fourth-order valence-corrected chi connectivity index (χ4v) is 3.34. The number of amides is 1. The summed E-state index contributed by atoms with van der Waals surface area (Å²) in [5.41, 5.74) is -0.216. The minimum Gasteiger partial charge on any atom is -0.464 e. The lowest BCUT2D eigenvalue weighted by molar-refractivity contribution is -0.144. The molecule has 0 saturated carbocycles. The van der Waals surface area contributed by atoms with Crippen LogP contribution in [0.15, 0.2) is 36.4 Å². The molecule has 0 aliphatic rings. The standard InChI is InChI=1S/C24H32N6O4/c1-8-33-21(31)19(20-27-28-29-30(20)23(2,3)4)25-17-13-15-11-9-10-12-16(15)14-18(17)26-22(32)34-24(5,6)7/h9-14,19,25H,8H2,1-7H3,(H,26,32). The van der Waals surface area contributed by atoms with E-state index in [1.165, 1.54) is 0 Å². The number of hydrogen-bond donors (Lipinski definition) is 2. The van der Waals surface area contributed by atoms with Crippen molar-refractivity contribution in [1.29, 1.82) is 0 Å². The molecule has 3 rings (SSSR count). The second kappa shape index (κ2) is 9.66. The summed E-state index contributed by atoms with van der Waals surface area (Å²) in [4.78, 5) is 25.6. The summed E-state index contributed by atoms with van der Waals surface area (Å²) < 4.78 is 12.3. The Hall–Kier alpha value is -3.69. The predicted octanol–water partition coefficient (Wildman–Crippen LogP) is 4.64. The van der Waals surface area contributed by atoms with Gasteiger partial charge in [-0.3, -0.25) is 5.32 Å². The molecule has 10 nitrogen and oxygen atoms in total. The molecule has 0 aliphatic carbocycles. The van der Waals surface area contributed by atoms with E-state index < -0.39 is 29.2 Å². The molecule has 2 aromatic carbocycles. The van der Waals surface area contributed by atoms with Crippen molar-refractivity contribution in [3.8, 4) is 0 Å². The van der Waals surface area contributed by atoms with Gasteiger partial charge in [0.1, 0.15) is 5.60 Å². The molecule has 1 heterocycles. The summed E-state index contributed by atoms with van der Waals surface area (Å²) in [5.74, 6) is -0.249. The number of tetrazole rings is 1. The summed E-state index contributed by atoms with van der Waals surface area (Å²) in [7, 11) is 0. The molecule has 0 saturated heterocycles. The van der Waals surface area contributed by atoms with E-state index in [2.05, 4.69) is 26.2 Å². The molecule has 1 amide bonds. The fourth-order valence-electron chi connectivity index (χ4n) is 3.34. The molecule has 182 valence electrons. The molecule has 0 radical (unpaired) electrons. The summed E-state index contributed by atoms with van der Waals surface area (Å²) in [6, 6.07) is 10.3. The number of esters is 1. The van der Waals surface area contributed by atoms with E-state index in [1.54, 1.807) is 32.4 Å². The first-order valence-electron chi connectivity index (χ1n) is 11.1. The van der Waals surface area contributed by atoms with Crippen LogP contribution in [-0.2, 0) is 19.8 Å². The molecule has 1 aromatic heterocycles.